The molecule has 4 nitrogen and oxygen atoms in total. The van der Waals surface area contributed by atoms with Crippen LogP contribution in [0.25, 0.3) is 5.82 Å². The summed E-state index contributed by atoms with van der Waals surface area (Å²) in [5.41, 5.74) is 1.76. The smallest absolute Gasteiger partial charge is 0.161 e. The Morgan fingerprint density at radius 1 is 1.14 bits per heavy atom. The van der Waals surface area contributed by atoms with E-state index in [1.807, 2.05) is 35.9 Å². The molecule has 3 aromatic rings. The van der Waals surface area contributed by atoms with Crippen molar-refractivity contribution < 1.29 is 4.39 Å². The lowest BCUT2D eigenvalue weighted by atomic mass is 10.2. The van der Waals surface area contributed by atoms with Gasteiger partial charge in [-0.15, -0.1) is 0 Å². The van der Waals surface area contributed by atoms with E-state index in [2.05, 4.69) is 15.3 Å². The standard InChI is InChI=1S/C16H15FN4/c1-12-18-8-9-21(12)16-15(6-3-7-19-16)20-11-13-4-2-5-14(17)10-13/h2-10,20H,11H2,1H3. The molecule has 0 aliphatic carbocycles. The third kappa shape index (κ3) is 2.91. The van der Waals surface area contributed by atoms with Gasteiger partial charge in [0.05, 0.1) is 5.69 Å². The zero-order chi connectivity index (χ0) is 14.7. The predicted octanol–water partition coefficient (Wildman–Crippen LogP) is 3.33. The van der Waals surface area contributed by atoms with E-state index in [0.717, 1.165) is 22.9 Å². The van der Waals surface area contributed by atoms with Crippen LogP contribution in [0.1, 0.15) is 11.4 Å². The number of hydrogen-bond acceptors (Lipinski definition) is 3. The van der Waals surface area contributed by atoms with Crippen LogP contribution in [-0.2, 0) is 6.54 Å². The van der Waals surface area contributed by atoms with Crippen molar-refractivity contribution in [3.05, 3.63) is 72.2 Å². The van der Waals surface area contributed by atoms with Gasteiger partial charge in [0, 0.05) is 25.1 Å². The van der Waals surface area contributed by atoms with Crippen molar-refractivity contribution in [2.45, 2.75) is 13.5 Å². The average Bonchev–Trinajstić information content (AvgIpc) is 2.91. The molecule has 0 radical (unpaired) electrons. The van der Waals surface area contributed by atoms with Crippen LogP contribution in [0.5, 0.6) is 0 Å². The van der Waals surface area contributed by atoms with Gasteiger partial charge < -0.3 is 5.32 Å². The number of rotatable bonds is 4. The Morgan fingerprint density at radius 2 is 2.05 bits per heavy atom. The molecule has 0 atom stereocenters. The van der Waals surface area contributed by atoms with E-state index in [4.69, 9.17) is 0 Å². The van der Waals surface area contributed by atoms with E-state index < -0.39 is 0 Å². The van der Waals surface area contributed by atoms with Crippen molar-refractivity contribution in [2.24, 2.45) is 0 Å². The molecule has 0 saturated heterocycles. The minimum atomic E-state index is -0.230. The van der Waals surface area contributed by atoms with Gasteiger partial charge in [-0.3, -0.25) is 4.57 Å². The molecule has 0 spiro atoms. The fourth-order valence-corrected chi connectivity index (χ4v) is 2.17. The predicted molar refractivity (Wildman–Crippen MR) is 79.8 cm³/mol. The first kappa shape index (κ1) is 13.3. The van der Waals surface area contributed by atoms with Crippen LogP contribution < -0.4 is 5.32 Å². The van der Waals surface area contributed by atoms with E-state index >= 15 is 0 Å². The Morgan fingerprint density at radius 3 is 2.81 bits per heavy atom. The van der Waals surface area contributed by atoms with E-state index in [-0.39, 0.29) is 5.82 Å². The largest absolute Gasteiger partial charge is 0.378 e. The highest BCUT2D eigenvalue weighted by Gasteiger charge is 2.07. The van der Waals surface area contributed by atoms with Gasteiger partial charge in [0.2, 0.25) is 0 Å². The second kappa shape index (κ2) is 5.75. The van der Waals surface area contributed by atoms with Crippen molar-refractivity contribution in [1.29, 1.82) is 0 Å². The highest BCUT2D eigenvalue weighted by atomic mass is 19.1. The first-order valence-electron chi connectivity index (χ1n) is 6.68. The number of hydrogen-bond donors (Lipinski definition) is 1. The molecule has 0 fully saturated rings. The third-order valence-electron chi connectivity index (χ3n) is 3.21. The minimum absolute atomic E-state index is 0.230. The summed E-state index contributed by atoms with van der Waals surface area (Å²) >= 11 is 0. The molecule has 2 aromatic heterocycles. The Balaban J connectivity index is 1.85. The summed E-state index contributed by atoms with van der Waals surface area (Å²) in [5.74, 6) is 1.41. The molecule has 106 valence electrons. The summed E-state index contributed by atoms with van der Waals surface area (Å²) in [5, 5.41) is 3.29. The van der Waals surface area contributed by atoms with Gasteiger partial charge in [0.1, 0.15) is 11.6 Å². The van der Waals surface area contributed by atoms with Crippen molar-refractivity contribution in [1.82, 2.24) is 14.5 Å². The lowest BCUT2D eigenvalue weighted by molar-refractivity contribution is 0.626. The van der Waals surface area contributed by atoms with Crippen LogP contribution in [0.4, 0.5) is 10.1 Å². The lowest BCUT2D eigenvalue weighted by Gasteiger charge is -2.12. The Bertz CT molecular complexity index is 751. The summed E-state index contributed by atoms with van der Waals surface area (Å²) < 4.78 is 15.1. The molecule has 21 heavy (non-hydrogen) atoms. The van der Waals surface area contributed by atoms with E-state index in [1.54, 1.807) is 18.5 Å². The van der Waals surface area contributed by atoms with Gasteiger partial charge in [-0.2, -0.15) is 0 Å². The molecule has 0 saturated carbocycles. The SMILES string of the molecule is Cc1nccn1-c1ncccc1NCc1cccc(F)c1. The van der Waals surface area contributed by atoms with Gasteiger partial charge in [-0.1, -0.05) is 12.1 Å². The third-order valence-corrected chi connectivity index (χ3v) is 3.21. The van der Waals surface area contributed by atoms with Crippen molar-refractivity contribution in [3.8, 4) is 5.82 Å². The molecule has 0 aliphatic heterocycles. The fraction of sp³-hybridized carbons (Fsp3) is 0.125. The van der Waals surface area contributed by atoms with Gasteiger partial charge >= 0.3 is 0 Å². The quantitative estimate of drug-likeness (QED) is 0.798. The van der Waals surface area contributed by atoms with Crippen molar-refractivity contribution >= 4 is 5.69 Å². The zero-order valence-corrected chi connectivity index (χ0v) is 11.6. The molecule has 0 unspecified atom stereocenters. The Hall–Kier alpha value is -2.69. The number of aromatic nitrogens is 3. The number of halogens is 1. The fourth-order valence-electron chi connectivity index (χ4n) is 2.17. The molecule has 1 N–H and O–H groups in total. The molecular weight excluding hydrogens is 267 g/mol. The number of nitrogens with one attached hydrogen (secondary N) is 1. The molecule has 0 aliphatic rings. The van der Waals surface area contributed by atoms with Crippen molar-refractivity contribution in [3.63, 3.8) is 0 Å². The summed E-state index contributed by atoms with van der Waals surface area (Å²) in [6.07, 6.45) is 5.34. The van der Waals surface area contributed by atoms with Crippen LogP contribution in [0.2, 0.25) is 0 Å². The first-order valence-corrected chi connectivity index (χ1v) is 6.68. The summed E-state index contributed by atoms with van der Waals surface area (Å²) in [6, 6.07) is 10.4. The normalized spacial score (nSPS) is 10.6. The molecular formula is C16H15FN4. The van der Waals surface area contributed by atoms with E-state index in [0.29, 0.717) is 6.54 Å². The van der Waals surface area contributed by atoms with Gasteiger partial charge in [0.25, 0.3) is 0 Å². The average molecular weight is 282 g/mol. The topological polar surface area (TPSA) is 42.7 Å². The molecule has 1 aromatic carbocycles. The van der Waals surface area contributed by atoms with Crippen LogP contribution in [0, 0.1) is 12.7 Å². The van der Waals surface area contributed by atoms with Crippen LogP contribution in [-0.4, -0.2) is 14.5 Å². The monoisotopic (exact) mass is 282 g/mol. The van der Waals surface area contributed by atoms with Gasteiger partial charge in [-0.05, 0) is 36.8 Å². The van der Waals surface area contributed by atoms with E-state index in [9.17, 15) is 4.39 Å². The maximum absolute atomic E-state index is 13.2. The maximum Gasteiger partial charge on any atom is 0.161 e. The first-order chi connectivity index (χ1) is 10.2. The van der Waals surface area contributed by atoms with Crippen molar-refractivity contribution in [2.75, 3.05) is 5.32 Å². The Labute approximate surface area is 122 Å². The summed E-state index contributed by atoms with van der Waals surface area (Å²) in [4.78, 5) is 8.61. The second-order valence-corrected chi connectivity index (χ2v) is 4.70. The summed E-state index contributed by atoms with van der Waals surface area (Å²) in [7, 11) is 0. The van der Waals surface area contributed by atoms with Crippen LogP contribution in [0.3, 0.4) is 0 Å². The van der Waals surface area contributed by atoms with Gasteiger partial charge in [-0.25, -0.2) is 14.4 Å². The lowest BCUT2D eigenvalue weighted by Crippen LogP contribution is -2.07. The zero-order valence-electron chi connectivity index (χ0n) is 11.6. The molecule has 3 rings (SSSR count). The molecule has 0 bridgehead atoms. The van der Waals surface area contributed by atoms with Gasteiger partial charge in [0.15, 0.2) is 5.82 Å². The summed E-state index contributed by atoms with van der Waals surface area (Å²) in [6.45, 7) is 2.45. The number of aryl methyl sites for hydroxylation is 1. The van der Waals surface area contributed by atoms with Crippen LogP contribution >= 0.6 is 0 Å². The maximum atomic E-state index is 13.2. The number of imidazole rings is 1. The number of nitrogens with zero attached hydrogens (tertiary/aromatic N) is 3. The second-order valence-electron chi connectivity index (χ2n) is 4.70. The number of pyridine rings is 1. The minimum Gasteiger partial charge on any atom is -0.378 e. The Kier molecular flexibility index (Phi) is 3.64. The highest BCUT2D eigenvalue weighted by Crippen LogP contribution is 2.19. The molecule has 2 heterocycles. The number of anilines is 1. The van der Waals surface area contributed by atoms with Crippen LogP contribution in [0.15, 0.2) is 55.0 Å². The number of benzene rings is 1. The molecule has 0 amide bonds. The van der Waals surface area contributed by atoms with E-state index in [1.165, 1.54) is 12.1 Å². The molecule has 5 heteroatoms. The highest BCUT2D eigenvalue weighted by molar-refractivity contribution is 5.57.